The van der Waals surface area contributed by atoms with Crippen LogP contribution in [0.3, 0.4) is 0 Å². The van der Waals surface area contributed by atoms with Gasteiger partial charge >= 0.3 is 0 Å². The number of ether oxygens (including phenoxy) is 1. The second kappa shape index (κ2) is 7.55. The summed E-state index contributed by atoms with van der Waals surface area (Å²) in [6.45, 7) is 2.18. The molecule has 0 bridgehead atoms. The SMILES string of the molecule is CCOc1cc(/C=C2/C(=O)NN(c3cccc(Cl)c3)C2=O)cc(I)c1O. The molecule has 1 fully saturated rings. The van der Waals surface area contributed by atoms with Gasteiger partial charge in [0.2, 0.25) is 0 Å². The Morgan fingerprint density at radius 2 is 2.08 bits per heavy atom. The molecule has 1 aliphatic heterocycles. The molecule has 26 heavy (non-hydrogen) atoms. The zero-order valence-electron chi connectivity index (χ0n) is 13.6. The zero-order valence-corrected chi connectivity index (χ0v) is 16.5. The minimum absolute atomic E-state index is 0.0195. The molecular formula is C18H14ClIN2O4. The number of phenols is 1. The average Bonchev–Trinajstić information content (AvgIpc) is 2.87. The van der Waals surface area contributed by atoms with Crippen LogP contribution in [0.5, 0.6) is 11.5 Å². The number of hydrogen-bond acceptors (Lipinski definition) is 4. The van der Waals surface area contributed by atoms with E-state index >= 15 is 0 Å². The quantitative estimate of drug-likeness (QED) is 0.396. The highest BCUT2D eigenvalue weighted by Gasteiger charge is 2.34. The normalized spacial score (nSPS) is 15.5. The fourth-order valence-electron chi connectivity index (χ4n) is 2.46. The number of aromatic hydroxyl groups is 1. The van der Waals surface area contributed by atoms with Crippen LogP contribution >= 0.6 is 34.2 Å². The van der Waals surface area contributed by atoms with E-state index < -0.39 is 11.8 Å². The number of halogens is 2. The third-order valence-electron chi connectivity index (χ3n) is 3.62. The molecule has 1 heterocycles. The van der Waals surface area contributed by atoms with Gasteiger partial charge in [-0.2, -0.15) is 0 Å². The van der Waals surface area contributed by atoms with Gasteiger partial charge in [-0.15, -0.1) is 0 Å². The van der Waals surface area contributed by atoms with Gasteiger partial charge in [0.25, 0.3) is 11.8 Å². The van der Waals surface area contributed by atoms with Gasteiger partial charge in [-0.25, -0.2) is 5.01 Å². The lowest BCUT2D eigenvalue weighted by Gasteiger charge is -2.14. The number of hydrogen-bond donors (Lipinski definition) is 2. The van der Waals surface area contributed by atoms with Gasteiger partial charge in [-0.1, -0.05) is 17.7 Å². The number of phenolic OH excluding ortho intramolecular Hbond substituents is 1. The van der Waals surface area contributed by atoms with Gasteiger partial charge in [-0.05, 0) is 71.5 Å². The number of nitrogens with one attached hydrogen (secondary N) is 1. The highest BCUT2D eigenvalue weighted by molar-refractivity contribution is 14.1. The molecule has 0 saturated carbocycles. The number of benzene rings is 2. The van der Waals surface area contributed by atoms with Crippen molar-refractivity contribution >= 4 is 57.8 Å². The molecule has 0 radical (unpaired) electrons. The maximum atomic E-state index is 12.6. The summed E-state index contributed by atoms with van der Waals surface area (Å²) in [6, 6.07) is 9.86. The first kappa shape index (κ1) is 18.5. The van der Waals surface area contributed by atoms with Crippen LogP contribution in [0.2, 0.25) is 5.02 Å². The topological polar surface area (TPSA) is 78.9 Å². The fourth-order valence-corrected chi connectivity index (χ4v) is 3.27. The van der Waals surface area contributed by atoms with Crippen LogP contribution in [0.25, 0.3) is 6.08 Å². The van der Waals surface area contributed by atoms with Gasteiger partial charge in [-0.3, -0.25) is 15.0 Å². The second-order valence-electron chi connectivity index (χ2n) is 5.40. The summed E-state index contributed by atoms with van der Waals surface area (Å²) < 4.78 is 5.94. The Kier molecular flexibility index (Phi) is 5.38. The van der Waals surface area contributed by atoms with Gasteiger partial charge < -0.3 is 9.84 Å². The predicted molar refractivity (Wildman–Crippen MR) is 107 cm³/mol. The first-order valence-electron chi connectivity index (χ1n) is 7.68. The van der Waals surface area contributed by atoms with Crippen molar-refractivity contribution in [2.75, 3.05) is 11.6 Å². The number of carbonyl (C=O) groups excluding carboxylic acids is 2. The molecule has 0 spiro atoms. The van der Waals surface area contributed by atoms with E-state index in [0.717, 1.165) is 5.01 Å². The molecule has 0 atom stereocenters. The molecule has 0 aliphatic carbocycles. The van der Waals surface area contributed by atoms with Crippen molar-refractivity contribution in [3.63, 3.8) is 0 Å². The predicted octanol–water partition coefficient (Wildman–Crippen LogP) is 3.51. The Balaban J connectivity index is 1.97. The molecule has 1 saturated heterocycles. The van der Waals surface area contributed by atoms with Crippen molar-refractivity contribution in [2.45, 2.75) is 6.92 Å². The Hall–Kier alpha value is -2.26. The highest BCUT2D eigenvalue weighted by atomic mass is 127. The monoisotopic (exact) mass is 484 g/mol. The van der Waals surface area contributed by atoms with E-state index in [1.807, 2.05) is 22.6 Å². The summed E-state index contributed by atoms with van der Waals surface area (Å²) in [5.74, 6) is -0.685. The Bertz CT molecular complexity index is 929. The van der Waals surface area contributed by atoms with Crippen LogP contribution in [0.4, 0.5) is 5.69 Å². The lowest BCUT2D eigenvalue weighted by molar-refractivity contribution is -0.117. The van der Waals surface area contributed by atoms with Crippen molar-refractivity contribution < 1.29 is 19.4 Å². The van der Waals surface area contributed by atoms with Crippen LogP contribution < -0.4 is 15.2 Å². The average molecular weight is 485 g/mol. The van der Waals surface area contributed by atoms with Crippen LogP contribution in [-0.2, 0) is 9.59 Å². The van der Waals surface area contributed by atoms with E-state index in [-0.39, 0.29) is 11.3 Å². The van der Waals surface area contributed by atoms with Crippen molar-refractivity contribution in [2.24, 2.45) is 0 Å². The molecule has 2 amide bonds. The molecule has 134 valence electrons. The van der Waals surface area contributed by atoms with Crippen LogP contribution in [-0.4, -0.2) is 23.5 Å². The summed E-state index contributed by atoms with van der Waals surface area (Å²) in [6.07, 6.45) is 1.46. The summed E-state index contributed by atoms with van der Waals surface area (Å²) in [5, 5.41) is 11.6. The number of rotatable bonds is 4. The second-order valence-corrected chi connectivity index (χ2v) is 7.00. The number of hydrazine groups is 1. The van der Waals surface area contributed by atoms with E-state index in [1.54, 1.807) is 43.3 Å². The van der Waals surface area contributed by atoms with Crippen molar-refractivity contribution in [1.82, 2.24) is 5.43 Å². The summed E-state index contributed by atoms with van der Waals surface area (Å²) in [4.78, 5) is 24.9. The maximum absolute atomic E-state index is 12.6. The fraction of sp³-hybridized carbons (Fsp3) is 0.111. The first-order valence-corrected chi connectivity index (χ1v) is 9.14. The lowest BCUT2D eigenvalue weighted by Crippen LogP contribution is -2.35. The van der Waals surface area contributed by atoms with Crippen LogP contribution in [0.15, 0.2) is 42.0 Å². The smallest absolute Gasteiger partial charge is 0.282 e. The molecule has 2 aromatic carbocycles. The number of anilines is 1. The van der Waals surface area contributed by atoms with E-state index in [1.165, 1.54) is 6.08 Å². The van der Waals surface area contributed by atoms with E-state index in [2.05, 4.69) is 5.43 Å². The molecule has 2 aromatic rings. The zero-order chi connectivity index (χ0) is 18.8. The molecule has 1 aliphatic rings. The third-order valence-corrected chi connectivity index (χ3v) is 4.68. The summed E-state index contributed by atoms with van der Waals surface area (Å²) in [5.41, 5.74) is 3.54. The van der Waals surface area contributed by atoms with E-state index in [0.29, 0.717) is 32.2 Å². The van der Waals surface area contributed by atoms with Crippen molar-refractivity contribution in [3.05, 3.63) is 56.1 Å². The Morgan fingerprint density at radius 1 is 1.31 bits per heavy atom. The molecule has 0 aromatic heterocycles. The number of amides is 2. The standard InChI is InChI=1S/C18H14ClIN2O4/c1-2-26-15-8-10(7-14(20)16(15)23)6-13-17(24)21-22(18(13)25)12-5-3-4-11(19)9-12/h3-9,23H,2H2,1H3,(H,21,24)/b13-6-. The first-order chi connectivity index (χ1) is 12.4. The van der Waals surface area contributed by atoms with Crippen molar-refractivity contribution in [1.29, 1.82) is 0 Å². The van der Waals surface area contributed by atoms with E-state index in [9.17, 15) is 14.7 Å². The molecule has 0 unspecified atom stereocenters. The molecule has 2 N–H and O–H groups in total. The summed E-state index contributed by atoms with van der Waals surface area (Å²) in [7, 11) is 0. The third kappa shape index (κ3) is 3.63. The molecular weight excluding hydrogens is 471 g/mol. The largest absolute Gasteiger partial charge is 0.504 e. The minimum Gasteiger partial charge on any atom is -0.504 e. The lowest BCUT2D eigenvalue weighted by atomic mass is 10.1. The van der Waals surface area contributed by atoms with Crippen molar-refractivity contribution in [3.8, 4) is 11.5 Å². The van der Waals surface area contributed by atoms with Crippen LogP contribution in [0.1, 0.15) is 12.5 Å². The Labute approximate surface area is 168 Å². The van der Waals surface area contributed by atoms with Crippen LogP contribution in [0, 0.1) is 3.57 Å². The van der Waals surface area contributed by atoms with Gasteiger partial charge in [0.05, 0.1) is 15.9 Å². The summed E-state index contributed by atoms with van der Waals surface area (Å²) >= 11 is 7.91. The maximum Gasteiger partial charge on any atom is 0.282 e. The number of nitrogens with zero attached hydrogens (tertiary/aromatic N) is 1. The van der Waals surface area contributed by atoms with Gasteiger partial charge in [0.15, 0.2) is 11.5 Å². The van der Waals surface area contributed by atoms with Gasteiger partial charge in [0, 0.05) is 5.02 Å². The number of carbonyl (C=O) groups is 2. The molecule has 8 heteroatoms. The highest BCUT2D eigenvalue weighted by Crippen LogP contribution is 2.34. The Morgan fingerprint density at radius 3 is 2.77 bits per heavy atom. The molecule has 6 nitrogen and oxygen atoms in total. The molecule has 3 rings (SSSR count). The van der Waals surface area contributed by atoms with Gasteiger partial charge in [0.1, 0.15) is 5.57 Å². The van der Waals surface area contributed by atoms with E-state index in [4.69, 9.17) is 16.3 Å². The minimum atomic E-state index is -0.518.